The number of nitrogens with one attached hydrogen (secondary N) is 2. The fourth-order valence-electron chi connectivity index (χ4n) is 4.77. The summed E-state index contributed by atoms with van der Waals surface area (Å²) in [5.74, 6) is -7.60. The number of rotatable bonds is 20. The highest BCUT2D eigenvalue weighted by Gasteiger charge is 2.76. The number of hydrogen-bond acceptors (Lipinski definition) is 15. The predicted octanol–water partition coefficient (Wildman–Crippen LogP) is 2.10. The first kappa shape index (κ1) is 49.0. The summed E-state index contributed by atoms with van der Waals surface area (Å²) in [6.45, 7) is 14.5. The monoisotopic (exact) mass is 784 g/mol. The van der Waals surface area contributed by atoms with Crippen molar-refractivity contribution < 1.29 is 47.7 Å². The van der Waals surface area contributed by atoms with E-state index in [-0.39, 0.29) is 24.3 Å². The molecule has 296 valence electrons. The van der Waals surface area contributed by atoms with Crippen LogP contribution >= 0.6 is 30.9 Å². The Labute approximate surface area is 310 Å². The Hall–Kier alpha value is -2.05. The van der Waals surface area contributed by atoms with Crippen molar-refractivity contribution in [2.24, 2.45) is 34.8 Å². The van der Waals surface area contributed by atoms with Gasteiger partial charge in [0.1, 0.15) is 11.2 Å². The SMILES string of the molecule is CSCC[C@H](N)C(=O)C(NC(=O)OC(C)(C)C)(C(=O)[C@@H](N)C(C)C)P(=O)(O)C(NC(=O)OC(C)(C)C)(C(=O)[C@@H](N)C(C)C)C(=O)[C@@H](N)CCSC. The molecule has 2 unspecified atom stereocenters. The number of alkyl carbamates (subject to hydrolysis) is 2. The number of thioether (sulfide) groups is 2. The maximum absolute atomic E-state index is 15.9. The second-order valence-corrected chi connectivity index (χ2v) is 19.5. The number of amides is 2. The molecule has 0 aliphatic heterocycles. The second kappa shape index (κ2) is 19.3. The highest BCUT2D eigenvalue weighted by Crippen LogP contribution is 2.65. The largest absolute Gasteiger partial charge is 0.444 e. The van der Waals surface area contributed by atoms with Gasteiger partial charge in [-0.05, 0) is 90.2 Å². The Kier molecular flexibility index (Phi) is 18.6. The van der Waals surface area contributed by atoms with Crippen molar-refractivity contribution in [2.45, 2.75) is 128 Å². The molecule has 0 saturated carbocycles. The van der Waals surface area contributed by atoms with E-state index in [0.29, 0.717) is 0 Å². The van der Waals surface area contributed by atoms with Gasteiger partial charge in [0.2, 0.25) is 10.6 Å². The highest BCUT2D eigenvalue weighted by molar-refractivity contribution is 7.98. The first-order valence-electron chi connectivity index (χ1n) is 16.5. The number of hydrogen-bond donors (Lipinski definition) is 7. The molecular formula is C32H61N6O10PS2. The molecule has 51 heavy (non-hydrogen) atoms. The van der Waals surface area contributed by atoms with Gasteiger partial charge in [0.15, 0.2) is 23.1 Å². The minimum atomic E-state index is -6.55. The molecule has 0 aromatic rings. The van der Waals surface area contributed by atoms with E-state index in [9.17, 15) is 33.7 Å². The van der Waals surface area contributed by atoms with Gasteiger partial charge in [0, 0.05) is 0 Å². The number of nitrogens with two attached hydrogens (primary N) is 4. The molecule has 0 fully saturated rings. The van der Waals surface area contributed by atoms with Crippen molar-refractivity contribution in [3.05, 3.63) is 0 Å². The number of ether oxygens (including phenoxy) is 2. The third-order valence-corrected chi connectivity index (χ3v) is 11.9. The van der Waals surface area contributed by atoms with Crippen LogP contribution in [-0.4, -0.2) is 110 Å². The van der Waals surface area contributed by atoms with Gasteiger partial charge in [-0.1, -0.05) is 27.7 Å². The molecule has 16 nitrogen and oxygen atoms in total. The maximum Gasteiger partial charge on any atom is 0.409 e. The van der Waals surface area contributed by atoms with Crippen molar-refractivity contribution in [1.29, 1.82) is 0 Å². The van der Waals surface area contributed by atoms with Gasteiger partial charge in [0.05, 0.1) is 24.2 Å². The zero-order valence-corrected chi connectivity index (χ0v) is 34.5. The zero-order chi connectivity index (χ0) is 40.5. The normalized spacial score (nSPS) is 18.3. The van der Waals surface area contributed by atoms with Gasteiger partial charge in [-0.3, -0.25) is 34.4 Å². The van der Waals surface area contributed by atoms with Crippen LogP contribution < -0.4 is 33.6 Å². The van der Waals surface area contributed by atoms with Crippen LogP contribution in [0, 0.1) is 11.8 Å². The lowest BCUT2D eigenvalue weighted by Gasteiger charge is -2.47. The third-order valence-electron chi connectivity index (χ3n) is 7.68. The van der Waals surface area contributed by atoms with Gasteiger partial charge < -0.3 is 37.3 Å². The predicted molar refractivity (Wildman–Crippen MR) is 202 cm³/mol. The zero-order valence-electron chi connectivity index (χ0n) is 32.0. The van der Waals surface area contributed by atoms with Gasteiger partial charge in [0.25, 0.3) is 7.37 Å². The second-order valence-electron chi connectivity index (χ2n) is 15.0. The molecule has 0 aliphatic carbocycles. The topological polar surface area (TPSA) is 286 Å². The Morgan fingerprint density at radius 3 is 1.12 bits per heavy atom. The van der Waals surface area contributed by atoms with E-state index in [1.807, 2.05) is 10.6 Å². The van der Waals surface area contributed by atoms with Gasteiger partial charge in [-0.15, -0.1) is 0 Å². The molecule has 0 bridgehead atoms. The van der Waals surface area contributed by atoms with Gasteiger partial charge in [-0.2, -0.15) is 23.5 Å². The molecule has 0 rings (SSSR count). The molecule has 6 atom stereocenters. The van der Waals surface area contributed by atoms with Crippen LogP contribution in [0.1, 0.15) is 82.1 Å². The summed E-state index contributed by atoms with van der Waals surface area (Å²) in [4.78, 5) is 99.3. The maximum atomic E-state index is 15.9. The average molecular weight is 785 g/mol. The van der Waals surface area contributed by atoms with Crippen molar-refractivity contribution >= 4 is 66.2 Å². The van der Waals surface area contributed by atoms with Crippen LogP contribution in [-0.2, 0) is 33.2 Å². The Morgan fingerprint density at radius 2 is 0.902 bits per heavy atom. The quantitative estimate of drug-likeness (QED) is 0.0687. The lowest BCUT2D eigenvalue weighted by Crippen LogP contribution is -2.76. The Bertz CT molecular complexity index is 1230. The molecule has 0 heterocycles. The van der Waals surface area contributed by atoms with E-state index in [1.165, 1.54) is 92.8 Å². The van der Waals surface area contributed by atoms with E-state index < -0.39 is 100 Å². The highest BCUT2D eigenvalue weighted by atomic mass is 32.2. The lowest BCUT2D eigenvalue weighted by atomic mass is 9.89. The van der Waals surface area contributed by atoms with Crippen LogP contribution in [0.3, 0.4) is 0 Å². The van der Waals surface area contributed by atoms with Crippen LogP contribution in [0.5, 0.6) is 0 Å². The number of carbonyl (C=O) groups is 6. The van der Waals surface area contributed by atoms with E-state index in [1.54, 1.807) is 12.5 Å². The number of carbonyl (C=O) groups excluding carboxylic acids is 6. The van der Waals surface area contributed by atoms with E-state index in [4.69, 9.17) is 32.4 Å². The summed E-state index contributed by atoms with van der Waals surface area (Å²) >= 11 is 2.50. The number of Topliss-reactive ketones (excluding diaryl/α,β-unsaturated/α-hetero) is 4. The molecule has 11 N–H and O–H groups in total. The molecule has 0 saturated heterocycles. The Morgan fingerprint density at radius 1 is 0.627 bits per heavy atom. The van der Waals surface area contributed by atoms with E-state index in [0.717, 1.165) is 0 Å². The summed E-state index contributed by atoms with van der Waals surface area (Å²) in [6.07, 6.45) is -0.160. The van der Waals surface area contributed by atoms with Crippen molar-refractivity contribution in [2.75, 3.05) is 24.0 Å². The van der Waals surface area contributed by atoms with Gasteiger partial charge in [-0.25, -0.2) is 9.59 Å². The molecule has 2 amide bonds. The summed E-state index contributed by atoms with van der Waals surface area (Å²) < 4.78 is 26.6. The fourth-order valence-corrected chi connectivity index (χ4v) is 8.56. The fraction of sp³-hybridized carbons (Fsp3) is 0.812. The van der Waals surface area contributed by atoms with Crippen LogP contribution in [0.2, 0.25) is 0 Å². The summed E-state index contributed by atoms with van der Waals surface area (Å²) in [7, 11) is -6.55. The number of ketones is 4. The third kappa shape index (κ3) is 12.0. The average Bonchev–Trinajstić information content (AvgIpc) is 2.99. The lowest BCUT2D eigenvalue weighted by molar-refractivity contribution is -0.136. The first-order chi connectivity index (χ1) is 23.0. The summed E-state index contributed by atoms with van der Waals surface area (Å²) in [5, 5.41) is -3.60. The van der Waals surface area contributed by atoms with Crippen LogP contribution in [0.25, 0.3) is 0 Å². The minimum Gasteiger partial charge on any atom is -0.444 e. The molecule has 19 heteroatoms. The van der Waals surface area contributed by atoms with Crippen molar-refractivity contribution in [3.8, 4) is 0 Å². The van der Waals surface area contributed by atoms with E-state index in [2.05, 4.69) is 0 Å². The summed E-state index contributed by atoms with van der Waals surface area (Å²) in [6, 6.07) is -7.09. The van der Waals surface area contributed by atoms with Crippen molar-refractivity contribution in [3.63, 3.8) is 0 Å². The molecule has 0 radical (unpaired) electrons. The molecule has 0 aromatic heterocycles. The Balaban J connectivity index is 8.98. The molecule has 0 aliphatic rings. The van der Waals surface area contributed by atoms with Crippen LogP contribution in [0.4, 0.5) is 9.59 Å². The summed E-state index contributed by atoms with van der Waals surface area (Å²) in [5.41, 5.74) is 22.6. The minimum absolute atomic E-state index is 0.199. The van der Waals surface area contributed by atoms with Crippen molar-refractivity contribution in [1.82, 2.24) is 10.6 Å². The van der Waals surface area contributed by atoms with E-state index >= 15 is 4.57 Å². The molecule has 0 aromatic carbocycles. The standard InChI is InChI=1S/C32H61N6O10PS2/c1-17(2)21(35)25(41)31(23(39)19(33)13-15-50-11,37-27(43)47-29(5,6)7)49(45,46)32(26(42)22(36)18(3)4,24(40)20(34)14-16-51-12)38-28(44)48-30(8,9)10/h17-22H,13-16,33-36H2,1-12H3,(H,37,43)(H,38,44)(H,45,46)/t19-,20-,21-,22-,31?,32?/m0/s1. The first-order valence-corrected chi connectivity index (χ1v) is 21.0. The van der Waals surface area contributed by atoms with Crippen LogP contribution in [0.15, 0.2) is 0 Å². The molecular weight excluding hydrogens is 723 g/mol. The molecule has 0 spiro atoms. The van der Waals surface area contributed by atoms with Gasteiger partial charge >= 0.3 is 12.2 Å². The smallest absolute Gasteiger partial charge is 0.409 e.